The Morgan fingerprint density at radius 3 is 2.00 bits per heavy atom. The molecule has 0 bridgehead atoms. The van der Waals surface area contributed by atoms with Gasteiger partial charge in [-0.1, -0.05) is 60.7 Å². The summed E-state index contributed by atoms with van der Waals surface area (Å²) in [5, 5.41) is 0. The quantitative estimate of drug-likeness (QED) is 0.810. The maximum Gasteiger partial charge on any atom is 0.0237 e. The molecule has 2 aromatic carbocycles. The standard InChI is InChI=1S/C21H29N3/c22-21-12-15-23(18-21)13-7-14-24(16-19-8-3-1-4-9-19)17-20-10-5-2-6-11-20/h1-6,8-11,21H,7,12-18,22H2. The van der Waals surface area contributed by atoms with E-state index in [9.17, 15) is 0 Å². The van der Waals surface area contributed by atoms with Crippen molar-refractivity contribution in [2.45, 2.75) is 32.0 Å². The van der Waals surface area contributed by atoms with Crippen molar-refractivity contribution >= 4 is 0 Å². The van der Waals surface area contributed by atoms with E-state index in [2.05, 4.69) is 70.5 Å². The first-order chi connectivity index (χ1) is 11.8. The summed E-state index contributed by atoms with van der Waals surface area (Å²) >= 11 is 0. The molecule has 0 saturated carbocycles. The zero-order valence-corrected chi connectivity index (χ0v) is 14.5. The molecular weight excluding hydrogens is 294 g/mol. The van der Waals surface area contributed by atoms with Gasteiger partial charge in [-0.15, -0.1) is 0 Å². The lowest BCUT2D eigenvalue weighted by atomic mass is 10.1. The summed E-state index contributed by atoms with van der Waals surface area (Å²) in [6, 6.07) is 21.9. The van der Waals surface area contributed by atoms with Gasteiger partial charge in [-0.2, -0.15) is 0 Å². The molecule has 1 heterocycles. The molecule has 0 amide bonds. The smallest absolute Gasteiger partial charge is 0.0237 e. The molecule has 1 aliphatic heterocycles. The SMILES string of the molecule is NC1CCN(CCCN(Cc2ccccc2)Cc2ccccc2)C1. The van der Waals surface area contributed by atoms with Gasteiger partial charge in [0.1, 0.15) is 0 Å². The predicted molar refractivity (Wildman–Crippen MR) is 101 cm³/mol. The van der Waals surface area contributed by atoms with E-state index in [1.807, 2.05) is 0 Å². The van der Waals surface area contributed by atoms with Crippen molar-refractivity contribution in [3.05, 3.63) is 71.8 Å². The van der Waals surface area contributed by atoms with E-state index in [1.54, 1.807) is 0 Å². The molecule has 0 aromatic heterocycles. The minimum Gasteiger partial charge on any atom is -0.326 e. The summed E-state index contributed by atoms with van der Waals surface area (Å²) in [7, 11) is 0. The third-order valence-corrected chi connectivity index (χ3v) is 4.76. The molecule has 0 radical (unpaired) electrons. The highest BCUT2D eigenvalue weighted by Gasteiger charge is 2.18. The zero-order valence-electron chi connectivity index (χ0n) is 14.5. The van der Waals surface area contributed by atoms with E-state index in [0.717, 1.165) is 39.1 Å². The number of benzene rings is 2. The van der Waals surface area contributed by atoms with Gasteiger partial charge in [-0.25, -0.2) is 0 Å². The Kier molecular flexibility index (Phi) is 6.41. The van der Waals surface area contributed by atoms with Crippen molar-refractivity contribution in [3.8, 4) is 0 Å². The molecule has 1 saturated heterocycles. The number of hydrogen-bond donors (Lipinski definition) is 1. The Morgan fingerprint density at radius 1 is 0.917 bits per heavy atom. The van der Waals surface area contributed by atoms with Crippen LogP contribution in [0.2, 0.25) is 0 Å². The van der Waals surface area contributed by atoms with Crippen LogP contribution in [-0.2, 0) is 13.1 Å². The molecule has 1 fully saturated rings. The van der Waals surface area contributed by atoms with Crippen LogP contribution in [0.15, 0.2) is 60.7 Å². The van der Waals surface area contributed by atoms with Gasteiger partial charge in [0, 0.05) is 32.2 Å². The molecular formula is C21H29N3. The Bertz CT molecular complexity index is 543. The highest BCUT2D eigenvalue weighted by atomic mass is 15.2. The fourth-order valence-corrected chi connectivity index (χ4v) is 3.48. The summed E-state index contributed by atoms with van der Waals surface area (Å²) in [5.41, 5.74) is 8.78. The number of hydrogen-bond acceptors (Lipinski definition) is 3. The van der Waals surface area contributed by atoms with Crippen molar-refractivity contribution < 1.29 is 0 Å². The number of nitrogens with two attached hydrogens (primary N) is 1. The van der Waals surface area contributed by atoms with E-state index in [0.29, 0.717) is 6.04 Å². The number of rotatable bonds is 8. The van der Waals surface area contributed by atoms with Crippen molar-refractivity contribution in [1.82, 2.24) is 9.80 Å². The average molecular weight is 323 g/mol. The molecule has 3 rings (SSSR count). The van der Waals surface area contributed by atoms with E-state index in [-0.39, 0.29) is 0 Å². The molecule has 24 heavy (non-hydrogen) atoms. The number of likely N-dealkylation sites (tertiary alicyclic amines) is 1. The van der Waals surface area contributed by atoms with Crippen LogP contribution in [0.1, 0.15) is 24.0 Å². The van der Waals surface area contributed by atoms with Crippen LogP contribution in [-0.4, -0.2) is 42.0 Å². The fourth-order valence-electron chi connectivity index (χ4n) is 3.48. The molecule has 3 nitrogen and oxygen atoms in total. The van der Waals surface area contributed by atoms with E-state index >= 15 is 0 Å². The van der Waals surface area contributed by atoms with Crippen LogP contribution in [0.3, 0.4) is 0 Å². The minimum atomic E-state index is 0.384. The lowest BCUT2D eigenvalue weighted by Crippen LogP contribution is -2.30. The third kappa shape index (κ3) is 5.45. The lowest BCUT2D eigenvalue weighted by molar-refractivity contribution is 0.231. The van der Waals surface area contributed by atoms with Gasteiger partial charge >= 0.3 is 0 Å². The third-order valence-electron chi connectivity index (χ3n) is 4.76. The normalized spacial score (nSPS) is 18.3. The number of nitrogens with zero attached hydrogens (tertiary/aromatic N) is 2. The van der Waals surface area contributed by atoms with Gasteiger partial charge < -0.3 is 10.6 Å². The molecule has 0 aliphatic carbocycles. The lowest BCUT2D eigenvalue weighted by Gasteiger charge is -2.24. The summed E-state index contributed by atoms with van der Waals surface area (Å²) in [6.45, 7) is 6.53. The van der Waals surface area contributed by atoms with Gasteiger partial charge in [-0.3, -0.25) is 4.90 Å². The molecule has 3 heteroatoms. The maximum absolute atomic E-state index is 6.01. The molecule has 1 unspecified atom stereocenters. The molecule has 0 spiro atoms. The van der Waals surface area contributed by atoms with E-state index in [1.165, 1.54) is 24.1 Å². The van der Waals surface area contributed by atoms with Crippen LogP contribution in [0.4, 0.5) is 0 Å². The average Bonchev–Trinajstić information content (AvgIpc) is 3.02. The Balaban J connectivity index is 1.54. The fraction of sp³-hybridized carbons (Fsp3) is 0.429. The van der Waals surface area contributed by atoms with Gasteiger partial charge in [-0.05, 0) is 37.1 Å². The van der Waals surface area contributed by atoms with Crippen molar-refractivity contribution in [3.63, 3.8) is 0 Å². The second-order valence-electron chi connectivity index (χ2n) is 6.88. The molecule has 2 aromatic rings. The highest BCUT2D eigenvalue weighted by molar-refractivity contribution is 5.17. The first kappa shape index (κ1) is 17.2. The van der Waals surface area contributed by atoms with Gasteiger partial charge in [0.15, 0.2) is 0 Å². The largest absolute Gasteiger partial charge is 0.326 e. The first-order valence-electron chi connectivity index (χ1n) is 9.08. The van der Waals surface area contributed by atoms with Crippen LogP contribution >= 0.6 is 0 Å². The molecule has 128 valence electrons. The minimum absolute atomic E-state index is 0.384. The van der Waals surface area contributed by atoms with Gasteiger partial charge in [0.05, 0.1) is 0 Å². The molecule has 1 aliphatic rings. The Morgan fingerprint density at radius 2 is 1.50 bits per heavy atom. The van der Waals surface area contributed by atoms with Crippen LogP contribution in [0, 0.1) is 0 Å². The summed E-state index contributed by atoms with van der Waals surface area (Å²) in [4.78, 5) is 5.06. The predicted octanol–water partition coefficient (Wildman–Crippen LogP) is 3.11. The van der Waals surface area contributed by atoms with Gasteiger partial charge in [0.2, 0.25) is 0 Å². The van der Waals surface area contributed by atoms with E-state index in [4.69, 9.17) is 5.73 Å². The Labute approximate surface area is 146 Å². The summed E-state index contributed by atoms with van der Waals surface area (Å²) < 4.78 is 0. The summed E-state index contributed by atoms with van der Waals surface area (Å²) in [5.74, 6) is 0. The first-order valence-corrected chi connectivity index (χ1v) is 9.08. The summed E-state index contributed by atoms with van der Waals surface area (Å²) in [6.07, 6.45) is 2.35. The second-order valence-corrected chi connectivity index (χ2v) is 6.88. The van der Waals surface area contributed by atoms with Crippen LogP contribution in [0.25, 0.3) is 0 Å². The molecule has 2 N–H and O–H groups in total. The van der Waals surface area contributed by atoms with Crippen LogP contribution in [0.5, 0.6) is 0 Å². The zero-order chi connectivity index (χ0) is 16.6. The molecule has 1 atom stereocenters. The van der Waals surface area contributed by atoms with Gasteiger partial charge in [0.25, 0.3) is 0 Å². The second kappa shape index (κ2) is 8.97. The maximum atomic E-state index is 6.01. The Hall–Kier alpha value is -1.68. The van der Waals surface area contributed by atoms with Crippen molar-refractivity contribution in [2.24, 2.45) is 5.73 Å². The van der Waals surface area contributed by atoms with E-state index < -0.39 is 0 Å². The topological polar surface area (TPSA) is 32.5 Å². The highest BCUT2D eigenvalue weighted by Crippen LogP contribution is 2.12. The van der Waals surface area contributed by atoms with Crippen molar-refractivity contribution in [1.29, 1.82) is 0 Å². The van der Waals surface area contributed by atoms with Crippen LogP contribution < -0.4 is 5.73 Å². The monoisotopic (exact) mass is 323 g/mol. The van der Waals surface area contributed by atoms with Crippen molar-refractivity contribution in [2.75, 3.05) is 26.2 Å².